The second-order valence-electron chi connectivity index (χ2n) is 11.4. The third-order valence-corrected chi connectivity index (χ3v) is 6.80. The monoisotopic (exact) mass is 415 g/mol. The van der Waals surface area contributed by atoms with Crippen LogP contribution in [0, 0.1) is 29.1 Å². The molecule has 2 N–H and O–H groups in total. The van der Waals surface area contributed by atoms with Gasteiger partial charge >= 0.3 is 0 Å². The first-order valence-electron chi connectivity index (χ1n) is 11.5. The number of allylic oxidation sites excluding steroid dienone is 1. The number of nitrogens with zero attached hydrogens (tertiary/aromatic N) is 2. The van der Waals surface area contributed by atoms with Crippen molar-refractivity contribution in [1.82, 2.24) is 15.1 Å². The average Bonchev–Trinajstić information content (AvgIpc) is 3.02. The van der Waals surface area contributed by atoms with Crippen molar-refractivity contribution < 1.29 is 14.6 Å². The molecule has 0 saturated heterocycles. The number of carbonyl (C=O) groups excluding carboxylic acids is 1. The lowest BCUT2D eigenvalue weighted by atomic mass is 9.52. The molecule has 5 rings (SSSR count). The van der Waals surface area contributed by atoms with Gasteiger partial charge in [-0.3, -0.25) is 4.79 Å². The van der Waals surface area contributed by atoms with Crippen molar-refractivity contribution >= 4 is 12.1 Å². The molecule has 30 heavy (non-hydrogen) atoms. The number of hydrogen-bond acceptors (Lipinski definition) is 4. The Labute approximate surface area is 180 Å². The van der Waals surface area contributed by atoms with Gasteiger partial charge in [0.2, 0.25) is 5.88 Å². The summed E-state index contributed by atoms with van der Waals surface area (Å²) in [5.41, 5.74) is -0.00215. The van der Waals surface area contributed by atoms with E-state index in [9.17, 15) is 9.90 Å². The van der Waals surface area contributed by atoms with E-state index >= 15 is 0 Å². The van der Waals surface area contributed by atoms with Crippen LogP contribution in [-0.4, -0.2) is 39.0 Å². The Balaban J connectivity index is 1.53. The van der Waals surface area contributed by atoms with Crippen LogP contribution in [0.15, 0.2) is 12.3 Å². The SMILES string of the molecule is CC(C)COc1c(C(=O)NC2C3CC4CC2CC(O)(C4)C3)cnn1/C=C/C(C)(C)C. The van der Waals surface area contributed by atoms with E-state index in [1.54, 1.807) is 10.9 Å². The highest BCUT2D eigenvalue weighted by Gasteiger charge is 2.55. The molecule has 1 aromatic rings. The second kappa shape index (κ2) is 7.70. The van der Waals surface area contributed by atoms with Crippen LogP contribution >= 0.6 is 0 Å². The Hall–Kier alpha value is -1.82. The van der Waals surface area contributed by atoms with Gasteiger partial charge in [-0.2, -0.15) is 5.10 Å². The Kier molecular flexibility index (Phi) is 5.50. The third-order valence-electron chi connectivity index (χ3n) is 6.80. The summed E-state index contributed by atoms with van der Waals surface area (Å²) in [6.07, 6.45) is 10.4. The maximum absolute atomic E-state index is 13.3. The standard InChI is InChI=1S/C24H37N3O3/c1-15(2)14-30-22-19(13-25-27(22)7-6-23(3,4)5)21(28)26-20-17-8-16-9-18(20)12-24(29,10-16)11-17/h6-7,13,15-18,20,29H,8-12,14H2,1-5H3,(H,26,28)/b7-6+. The van der Waals surface area contributed by atoms with Crippen LogP contribution in [0.2, 0.25) is 0 Å². The summed E-state index contributed by atoms with van der Waals surface area (Å²) >= 11 is 0. The largest absolute Gasteiger partial charge is 0.477 e. The second-order valence-corrected chi connectivity index (χ2v) is 11.4. The molecule has 0 aromatic carbocycles. The number of carbonyl (C=O) groups is 1. The van der Waals surface area contributed by atoms with Crippen LogP contribution in [-0.2, 0) is 0 Å². The molecule has 0 radical (unpaired) electrons. The van der Waals surface area contributed by atoms with E-state index in [0.29, 0.717) is 41.7 Å². The lowest BCUT2D eigenvalue weighted by Gasteiger charge is -2.58. The van der Waals surface area contributed by atoms with Crippen molar-refractivity contribution in [1.29, 1.82) is 0 Å². The van der Waals surface area contributed by atoms with E-state index < -0.39 is 5.60 Å². The predicted octanol–water partition coefficient (Wildman–Crippen LogP) is 4.10. The molecule has 1 amide bonds. The molecular formula is C24H37N3O3. The molecule has 166 valence electrons. The number of aromatic nitrogens is 2. The number of ether oxygens (including phenoxy) is 1. The zero-order valence-corrected chi connectivity index (χ0v) is 19.0. The van der Waals surface area contributed by atoms with Gasteiger partial charge in [0.15, 0.2) is 0 Å². The Morgan fingerprint density at radius 3 is 2.57 bits per heavy atom. The van der Waals surface area contributed by atoms with Gasteiger partial charge in [0.05, 0.1) is 18.4 Å². The summed E-state index contributed by atoms with van der Waals surface area (Å²) in [5.74, 6) is 2.11. The molecule has 1 aromatic heterocycles. The van der Waals surface area contributed by atoms with Crippen molar-refractivity contribution in [2.75, 3.05) is 6.61 Å². The van der Waals surface area contributed by atoms with Gasteiger partial charge < -0.3 is 15.2 Å². The summed E-state index contributed by atoms with van der Waals surface area (Å²) in [6, 6.07) is 0.140. The van der Waals surface area contributed by atoms with Gasteiger partial charge in [-0.05, 0) is 61.2 Å². The minimum absolute atomic E-state index is 0.00429. The Bertz CT molecular complexity index is 804. The zero-order valence-electron chi connectivity index (χ0n) is 19.0. The number of nitrogens with one attached hydrogen (secondary N) is 1. The van der Waals surface area contributed by atoms with E-state index in [1.165, 1.54) is 0 Å². The smallest absolute Gasteiger partial charge is 0.258 e. The summed E-state index contributed by atoms with van der Waals surface area (Å²) in [5, 5.41) is 18.5. The summed E-state index contributed by atoms with van der Waals surface area (Å²) in [7, 11) is 0. The van der Waals surface area contributed by atoms with E-state index in [-0.39, 0.29) is 17.4 Å². The van der Waals surface area contributed by atoms with Crippen LogP contribution < -0.4 is 10.1 Å². The lowest BCUT2D eigenvalue weighted by Crippen LogP contribution is -2.61. The molecule has 0 aliphatic heterocycles. The fourth-order valence-corrected chi connectivity index (χ4v) is 5.74. The predicted molar refractivity (Wildman–Crippen MR) is 117 cm³/mol. The van der Waals surface area contributed by atoms with Crippen LogP contribution in [0.5, 0.6) is 5.88 Å². The number of rotatable bonds is 6. The summed E-state index contributed by atoms with van der Waals surface area (Å²) in [4.78, 5) is 13.3. The maximum Gasteiger partial charge on any atom is 0.258 e. The summed E-state index contributed by atoms with van der Waals surface area (Å²) < 4.78 is 7.70. The topological polar surface area (TPSA) is 76.4 Å². The van der Waals surface area contributed by atoms with Crippen LogP contribution in [0.3, 0.4) is 0 Å². The quantitative estimate of drug-likeness (QED) is 0.733. The molecule has 4 bridgehead atoms. The molecule has 2 unspecified atom stereocenters. The number of hydrogen-bond donors (Lipinski definition) is 2. The molecule has 4 aliphatic rings. The normalized spacial score (nSPS) is 32.9. The highest BCUT2D eigenvalue weighted by molar-refractivity contribution is 5.96. The van der Waals surface area contributed by atoms with Crippen molar-refractivity contribution in [3.05, 3.63) is 17.8 Å². The average molecular weight is 416 g/mol. The van der Waals surface area contributed by atoms with Crippen molar-refractivity contribution in [2.24, 2.45) is 29.1 Å². The van der Waals surface area contributed by atoms with Gasteiger partial charge in [-0.1, -0.05) is 40.7 Å². The Morgan fingerprint density at radius 2 is 2.00 bits per heavy atom. The molecule has 4 saturated carbocycles. The fraction of sp³-hybridized carbons (Fsp3) is 0.750. The van der Waals surface area contributed by atoms with E-state index in [0.717, 1.165) is 32.1 Å². The zero-order chi connectivity index (χ0) is 21.7. The first-order chi connectivity index (χ1) is 14.0. The number of aliphatic hydroxyl groups is 1. The molecule has 4 fully saturated rings. The van der Waals surface area contributed by atoms with Gasteiger partial charge in [-0.15, -0.1) is 0 Å². The Morgan fingerprint density at radius 1 is 1.33 bits per heavy atom. The molecule has 4 aliphatic carbocycles. The van der Waals surface area contributed by atoms with Gasteiger partial charge in [0, 0.05) is 12.2 Å². The number of amides is 1. The molecule has 2 atom stereocenters. The lowest BCUT2D eigenvalue weighted by molar-refractivity contribution is -0.136. The maximum atomic E-state index is 13.3. The first kappa shape index (κ1) is 21.4. The van der Waals surface area contributed by atoms with Crippen molar-refractivity contribution in [3.8, 4) is 5.88 Å². The van der Waals surface area contributed by atoms with Crippen LogP contribution in [0.25, 0.3) is 6.20 Å². The van der Waals surface area contributed by atoms with Gasteiger partial charge in [0.25, 0.3) is 5.91 Å². The van der Waals surface area contributed by atoms with E-state index in [2.05, 4.69) is 51.1 Å². The minimum atomic E-state index is -0.494. The first-order valence-corrected chi connectivity index (χ1v) is 11.5. The fourth-order valence-electron chi connectivity index (χ4n) is 5.74. The van der Waals surface area contributed by atoms with Crippen LogP contribution in [0.4, 0.5) is 0 Å². The minimum Gasteiger partial charge on any atom is -0.477 e. The van der Waals surface area contributed by atoms with Gasteiger partial charge in [-0.25, -0.2) is 4.68 Å². The van der Waals surface area contributed by atoms with Crippen LogP contribution in [0.1, 0.15) is 77.1 Å². The highest BCUT2D eigenvalue weighted by atomic mass is 16.5. The van der Waals surface area contributed by atoms with E-state index in [1.807, 2.05) is 6.20 Å². The summed E-state index contributed by atoms with van der Waals surface area (Å²) in [6.45, 7) is 11.1. The molecule has 0 spiro atoms. The van der Waals surface area contributed by atoms with Gasteiger partial charge in [0.1, 0.15) is 5.56 Å². The highest BCUT2D eigenvalue weighted by Crippen LogP contribution is 2.55. The van der Waals surface area contributed by atoms with Crippen molar-refractivity contribution in [2.45, 2.75) is 78.4 Å². The molecule has 6 heteroatoms. The molecular weight excluding hydrogens is 378 g/mol. The van der Waals surface area contributed by atoms with Crippen molar-refractivity contribution in [3.63, 3.8) is 0 Å². The molecule has 1 heterocycles. The molecule has 6 nitrogen and oxygen atoms in total. The van der Waals surface area contributed by atoms with E-state index in [4.69, 9.17) is 4.74 Å². The third kappa shape index (κ3) is 4.43.